The van der Waals surface area contributed by atoms with E-state index in [9.17, 15) is 9.59 Å². The number of carbonyl (C=O) groups excluding carboxylic acids is 2. The molecular formula is C18H21N3O3S. The Morgan fingerprint density at radius 3 is 2.64 bits per heavy atom. The fourth-order valence-electron chi connectivity index (χ4n) is 2.95. The number of ether oxygens (including phenoxy) is 1. The van der Waals surface area contributed by atoms with Crippen LogP contribution in [0.4, 0.5) is 5.69 Å². The molecule has 1 atom stereocenters. The Kier molecular flexibility index (Phi) is 4.85. The van der Waals surface area contributed by atoms with Gasteiger partial charge in [-0.2, -0.15) is 0 Å². The van der Waals surface area contributed by atoms with E-state index in [1.165, 1.54) is 16.7 Å². The summed E-state index contributed by atoms with van der Waals surface area (Å²) in [4.78, 5) is 32.9. The number of nitrogens with zero attached hydrogens (tertiary/aromatic N) is 3. The molecule has 6 nitrogen and oxygen atoms in total. The summed E-state index contributed by atoms with van der Waals surface area (Å²) >= 11 is 1.40. The van der Waals surface area contributed by atoms with Gasteiger partial charge in [0.2, 0.25) is 5.91 Å². The molecule has 0 aromatic heterocycles. The van der Waals surface area contributed by atoms with Crippen LogP contribution in [0.1, 0.15) is 25.5 Å². The fourth-order valence-corrected chi connectivity index (χ4v) is 3.87. The molecular weight excluding hydrogens is 338 g/mol. The summed E-state index contributed by atoms with van der Waals surface area (Å²) in [5.74, 6) is -0.128. The van der Waals surface area contributed by atoms with Crippen molar-refractivity contribution in [1.29, 1.82) is 0 Å². The SMILES string of the molecule is CCOC(=O)C1=C(C)N2C(=O)CSC2=N[C@@H]1c1ccc(N(C)C)cc1. The maximum atomic E-state index is 12.6. The molecule has 0 N–H and O–H groups in total. The van der Waals surface area contributed by atoms with E-state index >= 15 is 0 Å². The van der Waals surface area contributed by atoms with E-state index in [1.54, 1.807) is 13.8 Å². The highest BCUT2D eigenvalue weighted by molar-refractivity contribution is 8.15. The highest BCUT2D eigenvalue weighted by Gasteiger charge is 2.40. The third kappa shape index (κ3) is 3.16. The Labute approximate surface area is 151 Å². The third-order valence-electron chi connectivity index (χ3n) is 4.22. The highest BCUT2D eigenvalue weighted by atomic mass is 32.2. The predicted molar refractivity (Wildman–Crippen MR) is 99.6 cm³/mol. The predicted octanol–water partition coefficient (Wildman–Crippen LogP) is 2.58. The second-order valence-corrected chi connectivity index (χ2v) is 6.98. The number of thioether (sulfide) groups is 1. The minimum absolute atomic E-state index is 0.0514. The van der Waals surface area contributed by atoms with Crippen LogP contribution in [0.2, 0.25) is 0 Å². The minimum atomic E-state index is -0.458. The second-order valence-electron chi connectivity index (χ2n) is 6.04. The first-order chi connectivity index (χ1) is 11.9. The summed E-state index contributed by atoms with van der Waals surface area (Å²) in [6.45, 7) is 3.83. The maximum absolute atomic E-state index is 12.6. The van der Waals surface area contributed by atoms with Crippen LogP contribution < -0.4 is 4.90 Å². The van der Waals surface area contributed by atoms with Crippen molar-refractivity contribution in [1.82, 2.24) is 4.90 Å². The van der Waals surface area contributed by atoms with Crippen LogP contribution >= 0.6 is 11.8 Å². The molecule has 1 fully saturated rings. The number of hydrogen-bond acceptors (Lipinski definition) is 6. The van der Waals surface area contributed by atoms with Crippen LogP contribution in [0.25, 0.3) is 0 Å². The summed E-state index contributed by atoms with van der Waals surface area (Å²) in [7, 11) is 3.95. The number of aliphatic imine (C=N–C) groups is 1. The highest BCUT2D eigenvalue weighted by Crippen LogP contribution is 2.39. The lowest BCUT2D eigenvalue weighted by Gasteiger charge is -2.29. The van der Waals surface area contributed by atoms with Crippen LogP contribution in [0.5, 0.6) is 0 Å². The van der Waals surface area contributed by atoms with Crippen molar-refractivity contribution in [2.75, 3.05) is 31.4 Å². The van der Waals surface area contributed by atoms with Crippen molar-refractivity contribution < 1.29 is 14.3 Å². The molecule has 2 heterocycles. The van der Waals surface area contributed by atoms with Gasteiger partial charge in [-0.1, -0.05) is 23.9 Å². The lowest BCUT2D eigenvalue weighted by atomic mass is 9.95. The third-order valence-corrected chi connectivity index (χ3v) is 5.16. The normalized spacial score (nSPS) is 19.7. The summed E-state index contributed by atoms with van der Waals surface area (Å²) in [6.07, 6.45) is 0. The van der Waals surface area contributed by atoms with E-state index in [1.807, 2.05) is 43.3 Å². The molecule has 0 saturated carbocycles. The monoisotopic (exact) mass is 359 g/mol. The van der Waals surface area contributed by atoms with Gasteiger partial charge in [-0.15, -0.1) is 0 Å². The van der Waals surface area contributed by atoms with Crippen LogP contribution in [-0.4, -0.2) is 48.4 Å². The number of amidine groups is 1. The Morgan fingerprint density at radius 2 is 2.04 bits per heavy atom. The van der Waals surface area contributed by atoms with Crippen LogP contribution in [0, 0.1) is 0 Å². The minimum Gasteiger partial charge on any atom is -0.463 e. The zero-order valence-electron chi connectivity index (χ0n) is 14.8. The van der Waals surface area contributed by atoms with Gasteiger partial charge in [0.1, 0.15) is 6.04 Å². The second kappa shape index (κ2) is 6.92. The van der Waals surface area contributed by atoms with Gasteiger partial charge in [-0.05, 0) is 31.5 Å². The van der Waals surface area contributed by atoms with E-state index in [2.05, 4.69) is 4.99 Å². The lowest BCUT2D eigenvalue weighted by molar-refractivity contribution is -0.139. The van der Waals surface area contributed by atoms with Crippen molar-refractivity contribution >= 4 is 34.5 Å². The number of anilines is 1. The van der Waals surface area contributed by atoms with Crippen LogP contribution in [0.15, 0.2) is 40.5 Å². The maximum Gasteiger partial charge on any atom is 0.338 e. The first-order valence-corrected chi connectivity index (χ1v) is 9.11. The van der Waals surface area contributed by atoms with Crippen molar-refractivity contribution in [3.63, 3.8) is 0 Å². The lowest BCUT2D eigenvalue weighted by Crippen LogP contribution is -2.35. The van der Waals surface area contributed by atoms with E-state index < -0.39 is 12.0 Å². The molecule has 3 rings (SSSR count). The van der Waals surface area contributed by atoms with Gasteiger partial charge >= 0.3 is 5.97 Å². The summed E-state index contributed by atoms with van der Waals surface area (Å²) in [5, 5.41) is 0.650. The summed E-state index contributed by atoms with van der Waals surface area (Å²) < 4.78 is 5.23. The van der Waals surface area contributed by atoms with Gasteiger partial charge in [0.25, 0.3) is 0 Å². The fraction of sp³-hybridized carbons (Fsp3) is 0.389. The number of amides is 1. The molecule has 0 bridgehead atoms. The number of benzene rings is 1. The molecule has 7 heteroatoms. The Balaban J connectivity index is 2.05. The molecule has 1 aromatic rings. The Morgan fingerprint density at radius 1 is 1.36 bits per heavy atom. The van der Waals surface area contributed by atoms with E-state index in [-0.39, 0.29) is 12.5 Å². The topological polar surface area (TPSA) is 62.2 Å². The number of rotatable bonds is 4. The quantitative estimate of drug-likeness (QED) is 0.773. The van der Waals surface area contributed by atoms with Crippen LogP contribution in [0.3, 0.4) is 0 Å². The van der Waals surface area contributed by atoms with Crippen molar-refractivity contribution in [3.8, 4) is 0 Å². The molecule has 1 saturated heterocycles. The number of carbonyl (C=O) groups is 2. The van der Waals surface area contributed by atoms with Gasteiger partial charge in [0.15, 0.2) is 5.17 Å². The first-order valence-electron chi connectivity index (χ1n) is 8.12. The van der Waals surface area contributed by atoms with E-state index in [0.717, 1.165) is 11.3 Å². The molecule has 0 radical (unpaired) electrons. The Hall–Kier alpha value is -2.28. The summed E-state index contributed by atoms with van der Waals surface area (Å²) in [6, 6.07) is 7.46. The molecule has 0 unspecified atom stereocenters. The van der Waals surface area contributed by atoms with Crippen molar-refractivity contribution in [2.24, 2.45) is 4.99 Å². The standard InChI is InChI=1S/C18H21N3O3S/c1-5-24-17(23)15-11(2)21-14(22)10-25-18(21)19-16(15)12-6-8-13(9-7-12)20(3)4/h6-9,16H,5,10H2,1-4H3/t16-/m1/s1. The average molecular weight is 359 g/mol. The van der Waals surface area contributed by atoms with Gasteiger partial charge in [-0.25, -0.2) is 9.79 Å². The summed E-state index contributed by atoms with van der Waals surface area (Å²) in [5.41, 5.74) is 3.01. The molecule has 1 aromatic carbocycles. The van der Waals surface area contributed by atoms with Crippen molar-refractivity contribution in [3.05, 3.63) is 41.1 Å². The van der Waals surface area contributed by atoms with Gasteiger partial charge in [0, 0.05) is 25.5 Å². The first kappa shape index (κ1) is 17.5. The van der Waals surface area contributed by atoms with Gasteiger partial charge in [-0.3, -0.25) is 9.69 Å². The molecule has 0 spiro atoms. The van der Waals surface area contributed by atoms with Gasteiger partial charge in [0.05, 0.1) is 17.9 Å². The smallest absolute Gasteiger partial charge is 0.338 e. The largest absolute Gasteiger partial charge is 0.463 e. The zero-order valence-corrected chi connectivity index (χ0v) is 15.6. The van der Waals surface area contributed by atoms with Crippen LogP contribution in [-0.2, 0) is 14.3 Å². The zero-order chi connectivity index (χ0) is 18.1. The van der Waals surface area contributed by atoms with E-state index in [4.69, 9.17) is 4.74 Å². The molecule has 25 heavy (non-hydrogen) atoms. The number of hydrogen-bond donors (Lipinski definition) is 0. The molecule has 2 aliphatic heterocycles. The number of allylic oxidation sites excluding steroid dienone is 1. The number of fused-ring (bicyclic) bond motifs is 1. The van der Waals surface area contributed by atoms with Crippen molar-refractivity contribution in [2.45, 2.75) is 19.9 Å². The molecule has 2 aliphatic rings. The number of esters is 1. The van der Waals surface area contributed by atoms with Gasteiger partial charge < -0.3 is 9.64 Å². The van der Waals surface area contributed by atoms with E-state index in [0.29, 0.717) is 22.2 Å². The molecule has 1 amide bonds. The molecule has 132 valence electrons. The molecule has 0 aliphatic carbocycles. The average Bonchev–Trinajstić information content (AvgIpc) is 2.96. The Bertz CT molecular complexity index is 768.